The highest BCUT2D eigenvalue weighted by molar-refractivity contribution is 7.89. The molecule has 1 aromatic carbocycles. The first-order valence-electron chi connectivity index (χ1n) is 6.97. The summed E-state index contributed by atoms with van der Waals surface area (Å²) in [5.41, 5.74) is -0.656. The molecular formula is C14H13Cl3N4O4S. The van der Waals surface area contributed by atoms with Crippen molar-refractivity contribution in [1.82, 2.24) is 14.1 Å². The van der Waals surface area contributed by atoms with Crippen LogP contribution in [0.5, 0.6) is 0 Å². The molecule has 1 heterocycles. The zero-order valence-electron chi connectivity index (χ0n) is 13.5. The van der Waals surface area contributed by atoms with Crippen LogP contribution in [0, 0.1) is 0 Å². The molecule has 0 saturated heterocycles. The highest BCUT2D eigenvalue weighted by Gasteiger charge is 2.19. The molecule has 0 atom stereocenters. The Hall–Kier alpha value is -1.65. The lowest BCUT2D eigenvalue weighted by Gasteiger charge is -2.14. The van der Waals surface area contributed by atoms with Gasteiger partial charge in [0.05, 0.1) is 26.8 Å². The van der Waals surface area contributed by atoms with E-state index < -0.39 is 28.0 Å². The molecule has 0 spiro atoms. The molecule has 1 N–H and O–H groups in total. The fraction of sp³-hybridized carbons (Fsp3) is 0.214. The SMILES string of the molecule is CN(C)S(=O)(=O)c1ccc(Cl)c(NC(=O)Cn2ncc(Cl)c(Cl)c2=O)c1. The number of hydrogen-bond acceptors (Lipinski definition) is 5. The molecule has 2 rings (SSSR count). The van der Waals surface area contributed by atoms with E-state index in [1.807, 2.05) is 0 Å². The van der Waals surface area contributed by atoms with Crippen LogP contribution in [0.3, 0.4) is 0 Å². The van der Waals surface area contributed by atoms with E-state index >= 15 is 0 Å². The lowest BCUT2D eigenvalue weighted by atomic mass is 10.3. The van der Waals surface area contributed by atoms with Crippen LogP contribution in [-0.4, -0.2) is 42.5 Å². The van der Waals surface area contributed by atoms with Gasteiger partial charge in [-0.1, -0.05) is 34.8 Å². The van der Waals surface area contributed by atoms with E-state index in [-0.39, 0.29) is 25.7 Å². The summed E-state index contributed by atoms with van der Waals surface area (Å²) in [5.74, 6) is -0.653. The summed E-state index contributed by atoms with van der Waals surface area (Å²) in [6.07, 6.45) is 1.13. The number of rotatable bonds is 5. The van der Waals surface area contributed by atoms with Crippen molar-refractivity contribution in [2.24, 2.45) is 0 Å². The summed E-state index contributed by atoms with van der Waals surface area (Å²) < 4.78 is 26.2. The predicted molar refractivity (Wildman–Crippen MR) is 99.5 cm³/mol. The van der Waals surface area contributed by atoms with Crippen molar-refractivity contribution >= 4 is 56.4 Å². The zero-order valence-corrected chi connectivity index (χ0v) is 16.6. The maximum Gasteiger partial charge on any atom is 0.287 e. The summed E-state index contributed by atoms with van der Waals surface area (Å²) in [5, 5.41) is 6.00. The highest BCUT2D eigenvalue weighted by atomic mass is 35.5. The molecule has 0 fully saturated rings. The number of carbonyl (C=O) groups excluding carboxylic acids is 1. The summed E-state index contributed by atoms with van der Waals surface area (Å²) in [4.78, 5) is 24.0. The Morgan fingerprint density at radius 2 is 1.88 bits per heavy atom. The van der Waals surface area contributed by atoms with Gasteiger partial charge in [0.2, 0.25) is 15.9 Å². The van der Waals surface area contributed by atoms with Crippen molar-refractivity contribution in [3.8, 4) is 0 Å². The molecule has 1 amide bonds. The van der Waals surface area contributed by atoms with Gasteiger partial charge in [0, 0.05) is 14.1 Å². The van der Waals surface area contributed by atoms with Gasteiger partial charge in [-0.15, -0.1) is 0 Å². The lowest BCUT2D eigenvalue weighted by molar-refractivity contribution is -0.117. The second-order valence-electron chi connectivity index (χ2n) is 5.25. The molecule has 0 aliphatic carbocycles. The van der Waals surface area contributed by atoms with Crippen molar-refractivity contribution in [1.29, 1.82) is 0 Å². The summed E-state index contributed by atoms with van der Waals surface area (Å²) in [6, 6.07) is 3.89. The van der Waals surface area contributed by atoms with Gasteiger partial charge in [-0.05, 0) is 18.2 Å². The molecule has 2 aromatic rings. The van der Waals surface area contributed by atoms with Crippen LogP contribution in [0.4, 0.5) is 5.69 Å². The number of sulfonamides is 1. The zero-order chi connectivity index (χ0) is 19.6. The van der Waals surface area contributed by atoms with Crippen LogP contribution in [-0.2, 0) is 21.4 Å². The van der Waals surface area contributed by atoms with Crippen molar-refractivity contribution in [3.05, 3.63) is 49.8 Å². The standard InChI is InChI=1S/C14H13Cl3N4O4S/c1-20(2)26(24,25)8-3-4-9(15)11(5-8)19-12(22)7-21-14(23)13(17)10(16)6-18-21/h3-6H,7H2,1-2H3,(H,19,22). The first-order valence-corrected chi connectivity index (χ1v) is 9.54. The molecule has 0 bridgehead atoms. The predicted octanol–water partition coefficient (Wildman–Crippen LogP) is 2.09. The second kappa shape index (κ2) is 7.93. The van der Waals surface area contributed by atoms with E-state index in [0.29, 0.717) is 0 Å². The third-order valence-corrected chi connectivity index (χ3v) is 6.12. The molecule has 8 nitrogen and oxygen atoms in total. The molecular weight excluding hydrogens is 427 g/mol. The molecule has 0 aliphatic rings. The van der Waals surface area contributed by atoms with Crippen LogP contribution in [0.25, 0.3) is 0 Å². The fourth-order valence-corrected chi connectivity index (χ4v) is 3.22. The minimum Gasteiger partial charge on any atom is -0.323 e. The van der Waals surface area contributed by atoms with Gasteiger partial charge in [0.15, 0.2) is 0 Å². The van der Waals surface area contributed by atoms with Crippen molar-refractivity contribution in [3.63, 3.8) is 0 Å². The number of nitrogens with zero attached hydrogens (tertiary/aromatic N) is 3. The van der Waals surface area contributed by atoms with Gasteiger partial charge in [-0.2, -0.15) is 5.10 Å². The average molecular weight is 440 g/mol. The van der Waals surface area contributed by atoms with Crippen molar-refractivity contribution in [2.75, 3.05) is 19.4 Å². The number of amides is 1. The lowest BCUT2D eigenvalue weighted by Crippen LogP contribution is -2.30. The van der Waals surface area contributed by atoms with Crippen LogP contribution >= 0.6 is 34.8 Å². The third kappa shape index (κ3) is 4.36. The van der Waals surface area contributed by atoms with E-state index in [1.165, 1.54) is 32.3 Å². The quantitative estimate of drug-likeness (QED) is 0.769. The molecule has 0 unspecified atom stereocenters. The Morgan fingerprint density at radius 3 is 2.50 bits per heavy atom. The first-order chi connectivity index (χ1) is 12.0. The number of aromatic nitrogens is 2. The van der Waals surface area contributed by atoms with E-state index in [2.05, 4.69) is 10.4 Å². The largest absolute Gasteiger partial charge is 0.323 e. The van der Waals surface area contributed by atoms with Crippen LogP contribution in [0.1, 0.15) is 0 Å². The molecule has 140 valence electrons. The average Bonchev–Trinajstić information content (AvgIpc) is 2.57. The number of nitrogens with one attached hydrogen (secondary N) is 1. The van der Waals surface area contributed by atoms with Gasteiger partial charge in [-0.3, -0.25) is 9.59 Å². The Balaban J connectivity index is 2.27. The topological polar surface area (TPSA) is 101 Å². The number of carbonyl (C=O) groups is 1. The number of anilines is 1. The highest BCUT2D eigenvalue weighted by Crippen LogP contribution is 2.26. The molecule has 26 heavy (non-hydrogen) atoms. The van der Waals surface area contributed by atoms with E-state index in [1.54, 1.807) is 0 Å². The maximum atomic E-state index is 12.2. The van der Waals surface area contributed by atoms with Crippen LogP contribution in [0.15, 0.2) is 34.1 Å². The molecule has 12 heteroatoms. The minimum absolute atomic E-state index is 0.0297. The molecule has 1 aromatic heterocycles. The number of halogens is 3. The Labute approximate surface area is 164 Å². The van der Waals surface area contributed by atoms with E-state index in [9.17, 15) is 18.0 Å². The Bertz CT molecular complexity index is 1020. The maximum absolute atomic E-state index is 12.2. The van der Waals surface area contributed by atoms with Crippen molar-refractivity contribution in [2.45, 2.75) is 11.4 Å². The second-order valence-corrected chi connectivity index (χ2v) is 8.59. The molecule has 0 saturated carbocycles. The molecule has 0 radical (unpaired) electrons. The van der Waals surface area contributed by atoms with E-state index in [0.717, 1.165) is 15.2 Å². The smallest absolute Gasteiger partial charge is 0.287 e. The van der Waals surface area contributed by atoms with Gasteiger partial charge in [-0.25, -0.2) is 17.4 Å². The van der Waals surface area contributed by atoms with E-state index in [4.69, 9.17) is 34.8 Å². The van der Waals surface area contributed by atoms with Gasteiger partial charge in [0.25, 0.3) is 5.56 Å². The van der Waals surface area contributed by atoms with Crippen LogP contribution in [0.2, 0.25) is 15.1 Å². The van der Waals surface area contributed by atoms with Crippen molar-refractivity contribution < 1.29 is 13.2 Å². The number of hydrogen-bond donors (Lipinski definition) is 1. The van der Waals surface area contributed by atoms with Gasteiger partial charge < -0.3 is 5.32 Å². The minimum atomic E-state index is -3.70. The van der Waals surface area contributed by atoms with Gasteiger partial charge >= 0.3 is 0 Å². The normalized spacial score (nSPS) is 11.6. The Morgan fingerprint density at radius 1 is 1.23 bits per heavy atom. The molecule has 0 aliphatic heterocycles. The summed E-state index contributed by atoms with van der Waals surface area (Å²) in [7, 11) is -0.945. The summed E-state index contributed by atoms with van der Waals surface area (Å²) in [6.45, 7) is -0.462. The fourth-order valence-electron chi connectivity index (χ4n) is 1.85. The summed E-state index contributed by atoms with van der Waals surface area (Å²) >= 11 is 17.4. The third-order valence-electron chi connectivity index (χ3n) is 3.23. The monoisotopic (exact) mass is 438 g/mol. The Kier molecular flexibility index (Phi) is 6.30. The van der Waals surface area contributed by atoms with Gasteiger partial charge in [0.1, 0.15) is 11.6 Å². The first kappa shape index (κ1) is 20.7. The van der Waals surface area contributed by atoms with Crippen LogP contribution < -0.4 is 10.9 Å². The number of benzene rings is 1.